The van der Waals surface area contributed by atoms with E-state index in [0.29, 0.717) is 6.54 Å². The number of carboxylic acids is 1. The second kappa shape index (κ2) is 4.60. The maximum Gasteiger partial charge on any atom is 0.308 e. The molecule has 0 amide bonds. The molecule has 2 atom stereocenters. The molecule has 2 unspecified atom stereocenters. The fraction of sp³-hybridized carbons (Fsp3) is 0.727. The van der Waals surface area contributed by atoms with Crippen molar-refractivity contribution in [2.75, 3.05) is 19.6 Å². The molecule has 1 saturated heterocycles. The van der Waals surface area contributed by atoms with E-state index in [9.17, 15) is 4.79 Å². The van der Waals surface area contributed by atoms with Crippen LogP contribution >= 0.6 is 0 Å². The molecular formula is C11H19NO2. The molecule has 1 aliphatic rings. The van der Waals surface area contributed by atoms with Gasteiger partial charge in [0.15, 0.2) is 0 Å². The molecule has 0 saturated carbocycles. The molecule has 0 bridgehead atoms. The number of carboxylic acid groups (broad SMARTS) is 1. The summed E-state index contributed by atoms with van der Waals surface area (Å²) >= 11 is 0. The molecule has 3 heteroatoms. The Labute approximate surface area is 85.4 Å². The molecule has 0 aromatic rings. The molecule has 80 valence electrons. The molecule has 1 rings (SSSR count). The van der Waals surface area contributed by atoms with E-state index in [1.165, 1.54) is 5.57 Å². The summed E-state index contributed by atoms with van der Waals surface area (Å²) in [5.74, 6) is -0.598. The third-order valence-electron chi connectivity index (χ3n) is 2.95. The summed E-state index contributed by atoms with van der Waals surface area (Å²) in [6.45, 7) is 10.4. The molecular weight excluding hydrogens is 178 g/mol. The van der Waals surface area contributed by atoms with E-state index in [2.05, 4.69) is 18.4 Å². The zero-order valence-electron chi connectivity index (χ0n) is 8.99. The van der Waals surface area contributed by atoms with E-state index in [-0.39, 0.29) is 11.8 Å². The summed E-state index contributed by atoms with van der Waals surface area (Å²) in [4.78, 5) is 13.1. The van der Waals surface area contributed by atoms with Crippen LogP contribution in [0.4, 0.5) is 0 Å². The van der Waals surface area contributed by atoms with Gasteiger partial charge < -0.3 is 5.11 Å². The zero-order chi connectivity index (χ0) is 10.7. The van der Waals surface area contributed by atoms with Gasteiger partial charge in [-0.15, -0.1) is 0 Å². The minimum absolute atomic E-state index is 0.195. The van der Waals surface area contributed by atoms with Gasteiger partial charge in [-0.25, -0.2) is 0 Å². The van der Waals surface area contributed by atoms with Crippen LogP contribution in [-0.4, -0.2) is 35.6 Å². The Balaban J connectivity index is 2.46. The third-order valence-corrected chi connectivity index (χ3v) is 2.95. The van der Waals surface area contributed by atoms with Gasteiger partial charge >= 0.3 is 5.97 Å². The van der Waals surface area contributed by atoms with Gasteiger partial charge in [-0.1, -0.05) is 26.0 Å². The van der Waals surface area contributed by atoms with Crippen molar-refractivity contribution in [1.29, 1.82) is 0 Å². The van der Waals surface area contributed by atoms with E-state index in [1.807, 2.05) is 6.92 Å². The number of likely N-dealkylation sites (tertiary alicyclic amines) is 1. The summed E-state index contributed by atoms with van der Waals surface area (Å²) in [6, 6.07) is 0. The van der Waals surface area contributed by atoms with Crippen LogP contribution in [0.25, 0.3) is 0 Å². The molecule has 0 spiro atoms. The normalized spacial score (nSPS) is 27.9. The van der Waals surface area contributed by atoms with Gasteiger partial charge in [0.25, 0.3) is 0 Å². The Bertz CT molecular complexity index is 237. The fourth-order valence-corrected chi connectivity index (χ4v) is 1.95. The highest BCUT2D eigenvalue weighted by Crippen LogP contribution is 2.23. The van der Waals surface area contributed by atoms with Gasteiger partial charge in [-0.3, -0.25) is 9.69 Å². The highest BCUT2D eigenvalue weighted by atomic mass is 16.4. The Morgan fingerprint density at radius 3 is 2.64 bits per heavy atom. The Morgan fingerprint density at radius 1 is 1.57 bits per heavy atom. The summed E-state index contributed by atoms with van der Waals surface area (Å²) in [6.07, 6.45) is 0.975. The molecule has 0 aromatic heterocycles. The third kappa shape index (κ3) is 2.58. The topological polar surface area (TPSA) is 40.5 Å². The second-order valence-corrected chi connectivity index (χ2v) is 4.22. The molecule has 1 aliphatic heterocycles. The van der Waals surface area contributed by atoms with Crippen molar-refractivity contribution in [2.45, 2.75) is 20.3 Å². The van der Waals surface area contributed by atoms with Crippen molar-refractivity contribution in [3.63, 3.8) is 0 Å². The summed E-state index contributed by atoms with van der Waals surface area (Å²) in [5, 5.41) is 8.94. The van der Waals surface area contributed by atoms with Gasteiger partial charge in [0.2, 0.25) is 0 Å². The van der Waals surface area contributed by atoms with Crippen LogP contribution in [0, 0.1) is 11.8 Å². The van der Waals surface area contributed by atoms with Crippen LogP contribution in [0.2, 0.25) is 0 Å². The number of rotatable bonds is 4. The van der Waals surface area contributed by atoms with E-state index >= 15 is 0 Å². The van der Waals surface area contributed by atoms with Gasteiger partial charge in [-0.05, 0) is 12.3 Å². The molecule has 1 N–H and O–H groups in total. The van der Waals surface area contributed by atoms with E-state index < -0.39 is 5.97 Å². The molecule has 1 fully saturated rings. The van der Waals surface area contributed by atoms with Crippen LogP contribution in [0.1, 0.15) is 20.3 Å². The maximum absolute atomic E-state index is 10.9. The van der Waals surface area contributed by atoms with Crippen LogP contribution in [0.3, 0.4) is 0 Å². The molecule has 0 radical (unpaired) electrons. The lowest BCUT2D eigenvalue weighted by Crippen LogP contribution is -2.25. The quantitative estimate of drug-likeness (QED) is 0.696. The fourth-order valence-electron chi connectivity index (χ4n) is 1.95. The number of hydrogen-bond acceptors (Lipinski definition) is 2. The molecule has 1 heterocycles. The van der Waals surface area contributed by atoms with Gasteiger partial charge in [-0.2, -0.15) is 0 Å². The second-order valence-electron chi connectivity index (χ2n) is 4.22. The highest BCUT2D eigenvalue weighted by Gasteiger charge is 2.34. The van der Waals surface area contributed by atoms with Crippen molar-refractivity contribution in [3.05, 3.63) is 12.2 Å². The van der Waals surface area contributed by atoms with Crippen molar-refractivity contribution < 1.29 is 9.90 Å². The van der Waals surface area contributed by atoms with E-state index in [1.54, 1.807) is 0 Å². The smallest absolute Gasteiger partial charge is 0.308 e. The molecule has 0 aliphatic carbocycles. The lowest BCUT2D eigenvalue weighted by atomic mass is 9.99. The maximum atomic E-state index is 10.9. The number of carbonyl (C=O) groups is 1. The van der Waals surface area contributed by atoms with Crippen LogP contribution < -0.4 is 0 Å². The SMILES string of the molecule is C=C(CC)CN1CC(C)C(C(=O)O)C1. The average Bonchev–Trinajstić information content (AvgIpc) is 2.46. The molecule has 14 heavy (non-hydrogen) atoms. The Hall–Kier alpha value is -0.830. The van der Waals surface area contributed by atoms with Crippen molar-refractivity contribution >= 4 is 5.97 Å². The number of aliphatic carboxylic acids is 1. The minimum atomic E-state index is -0.665. The van der Waals surface area contributed by atoms with Gasteiger partial charge in [0, 0.05) is 19.6 Å². The number of nitrogens with zero attached hydrogens (tertiary/aromatic N) is 1. The lowest BCUT2D eigenvalue weighted by molar-refractivity contribution is -0.142. The summed E-state index contributed by atoms with van der Waals surface area (Å²) < 4.78 is 0. The number of hydrogen-bond donors (Lipinski definition) is 1. The molecule has 0 aromatic carbocycles. The largest absolute Gasteiger partial charge is 0.481 e. The van der Waals surface area contributed by atoms with Gasteiger partial charge in [0.05, 0.1) is 5.92 Å². The predicted molar refractivity (Wildman–Crippen MR) is 56.2 cm³/mol. The first kappa shape index (κ1) is 11.2. The van der Waals surface area contributed by atoms with E-state index in [4.69, 9.17) is 5.11 Å². The standard InChI is InChI=1S/C11H19NO2/c1-4-8(2)5-12-6-9(3)10(7-12)11(13)14/h9-10H,2,4-7H2,1,3H3,(H,13,14). The Kier molecular flexibility index (Phi) is 3.69. The average molecular weight is 197 g/mol. The summed E-state index contributed by atoms with van der Waals surface area (Å²) in [5.41, 5.74) is 1.18. The first-order valence-electron chi connectivity index (χ1n) is 5.16. The predicted octanol–water partition coefficient (Wildman–Crippen LogP) is 1.61. The van der Waals surface area contributed by atoms with E-state index in [0.717, 1.165) is 19.5 Å². The van der Waals surface area contributed by atoms with Crippen LogP contribution in [-0.2, 0) is 4.79 Å². The van der Waals surface area contributed by atoms with Crippen LogP contribution in [0.5, 0.6) is 0 Å². The van der Waals surface area contributed by atoms with Crippen molar-refractivity contribution in [1.82, 2.24) is 4.90 Å². The van der Waals surface area contributed by atoms with Crippen molar-refractivity contribution in [3.8, 4) is 0 Å². The lowest BCUT2D eigenvalue weighted by Gasteiger charge is -2.15. The zero-order valence-corrected chi connectivity index (χ0v) is 8.99. The van der Waals surface area contributed by atoms with Crippen molar-refractivity contribution in [2.24, 2.45) is 11.8 Å². The molecule has 3 nitrogen and oxygen atoms in total. The highest BCUT2D eigenvalue weighted by molar-refractivity contribution is 5.71. The monoisotopic (exact) mass is 197 g/mol. The first-order valence-corrected chi connectivity index (χ1v) is 5.16. The Morgan fingerprint density at radius 2 is 2.21 bits per heavy atom. The summed E-state index contributed by atoms with van der Waals surface area (Å²) in [7, 11) is 0. The van der Waals surface area contributed by atoms with Crippen LogP contribution in [0.15, 0.2) is 12.2 Å². The van der Waals surface area contributed by atoms with Gasteiger partial charge in [0.1, 0.15) is 0 Å². The minimum Gasteiger partial charge on any atom is -0.481 e. The first-order chi connectivity index (χ1) is 6.54.